The number of phosphoric acid groups is 1. The van der Waals surface area contributed by atoms with Crippen LogP contribution >= 0.6 is 7.82 Å². The number of nitrogen functional groups attached to an aromatic ring is 1. The van der Waals surface area contributed by atoms with Gasteiger partial charge >= 0.3 is 7.82 Å². The van der Waals surface area contributed by atoms with Crippen LogP contribution in [0, 0.1) is 5.92 Å². The van der Waals surface area contributed by atoms with Gasteiger partial charge in [0.15, 0.2) is 11.2 Å². The molecule has 23 heavy (non-hydrogen) atoms. The number of H-pyrrole nitrogens is 1. The molecule has 0 spiro atoms. The van der Waals surface area contributed by atoms with E-state index in [1.165, 1.54) is 6.33 Å². The molecule has 2 aromatic rings. The zero-order valence-corrected chi connectivity index (χ0v) is 13.0. The highest BCUT2D eigenvalue weighted by molar-refractivity contribution is 7.46. The first-order chi connectivity index (χ1) is 10.7. The molecule has 11 nitrogen and oxygen atoms in total. The van der Waals surface area contributed by atoms with E-state index in [1.807, 2.05) is 6.92 Å². The van der Waals surface area contributed by atoms with Crippen molar-refractivity contribution >= 4 is 24.9 Å². The first-order valence-corrected chi connectivity index (χ1v) is 8.35. The normalized spacial score (nSPS) is 25.3. The fourth-order valence-electron chi connectivity index (χ4n) is 2.57. The molecule has 3 rings (SSSR count). The van der Waals surface area contributed by atoms with Crippen LogP contribution in [0.2, 0.25) is 0 Å². The summed E-state index contributed by atoms with van der Waals surface area (Å²) >= 11 is 0. The van der Waals surface area contributed by atoms with Crippen LogP contribution in [-0.2, 0) is 13.8 Å². The second-order valence-corrected chi connectivity index (χ2v) is 6.64. The Kier molecular flexibility index (Phi) is 3.98. The number of nitrogens with one attached hydrogen (secondary N) is 1. The minimum Gasteiger partial charge on any atom is -0.369 e. The smallest absolute Gasteiger partial charge is 0.369 e. The van der Waals surface area contributed by atoms with E-state index in [4.69, 9.17) is 20.3 Å². The number of aromatic amines is 1. The van der Waals surface area contributed by atoms with Crippen LogP contribution in [0.1, 0.15) is 19.6 Å². The quantitative estimate of drug-likeness (QED) is 0.546. The number of ether oxygens (including phenoxy) is 1. The summed E-state index contributed by atoms with van der Waals surface area (Å²) in [5, 5.41) is 0. The van der Waals surface area contributed by atoms with Crippen LogP contribution in [0.5, 0.6) is 0 Å². The van der Waals surface area contributed by atoms with Crippen LogP contribution in [0.15, 0.2) is 11.1 Å². The van der Waals surface area contributed by atoms with Crippen molar-refractivity contribution in [2.45, 2.75) is 25.7 Å². The van der Waals surface area contributed by atoms with Gasteiger partial charge in [0.25, 0.3) is 5.56 Å². The molecular formula is C11H16N5O6P. The molecule has 1 fully saturated rings. The predicted molar refractivity (Wildman–Crippen MR) is 78.2 cm³/mol. The summed E-state index contributed by atoms with van der Waals surface area (Å²) in [6.07, 6.45) is 1.00. The van der Waals surface area contributed by atoms with Gasteiger partial charge in [-0.1, -0.05) is 6.92 Å². The van der Waals surface area contributed by atoms with Crippen molar-refractivity contribution in [1.29, 1.82) is 0 Å². The minimum absolute atomic E-state index is 0.0108. The van der Waals surface area contributed by atoms with Crippen LogP contribution in [0.3, 0.4) is 0 Å². The summed E-state index contributed by atoms with van der Waals surface area (Å²) in [5.41, 5.74) is 5.54. The second kappa shape index (κ2) is 5.69. The first kappa shape index (κ1) is 16.1. The number of aromatic nitrogens is 4. The maximum absolute atomic E-state index is 11.8. The van der Waals surface area contributed by atoms with E-state index in [2.05, 4.69) is 19.5 Å². The molecule has 5 N–H and O–H groups in total. The third-order valence-electron chi connectivity index (χ3n) is 3.71. The lowest BCUT2D eigenvalue weighted by Crippen LogP contribution is -2.20. The van der Waals surface area contributed by atoms with Crippen LogP contribution in [0.4, 0.5) is 5.95 Å². The fourth-order valence-corrected chi connectivity index (χ4v) is 2.91. The Hall–Kier alpha value is -1.78. The SMILES string of the molecule is C[C@H]1C[C@H](n2cnc3c(=O)[nH]c(N)nc32)O[C@@H]1COP(=O)(O)O. The van der Waals surface area contributed by atoms with Crippen molar-refractivity contribution in [2.75, 3.05) is 12.3 Å². The summed E-state index contributed by atoms with van der Waals surface area (Å²) in [6.45, 7) is 1.64. The third-order valence-corrected chi connectivity index (χ3v) is 4.19. The van der Waals surface area contributed by atoms with Gasteiger partial charge < -0.3 is 20.3 Å². The minimum atomic E-state index is -4.55. The molecular weight excluding hydrogens is 329 g/mol. The number of rotatable bonds is 4. The van der Waals surface area contributed by atoms with Crippen LogP contribution in [-0.4, -0.2) is 42.0 Å². The van der Waals surface area contributed by atoms with Gasteiger partial charge in [0, 0.05) is 0 Å². The third kappa shape index (κ3) is 3.28. The molecule has 0 unspecified atom stereocenters. The predicted octanol–water partition coefficient (Wildman–Crippen LogP) is -0.265. The zero-order valence-electron chi connectivity index (χ0n) is 12.1. The fraction of sp³-hybridized carbons (Fsp3) is 0.545. The van der Waals surface area contributed by atoms with E-state index in [1.54, 1.807) is 4.57 Å². The highest BCUT2D eigenvalue weighted by atomic mass is 31.2. The Balaban J connectivity index is 1.84. The molecule has 3 heterocycles. The van der Waals surface area contributed by atoms with E-state index >= 15 is 0 Å². The lowest BCUT2D eigenvalue weighted by atomic mass is 10.0. The molecule has 3 atom stereocenters. The molecule has 2 aromatic heterocycles. The van der Waals surface area contributed by atoms with Crippen LogP contribution < -0.4 is 11.3 Å². The zero-order chi connectivity index (χ0) is 16.8. The molecule has 1 aliphatic heterocycles. The lowest BCUT2D eigenvalue weighted by molar-refractivity contribution is -0.0273. The maximum Gasteiger partial charge on any atom is 0.469 e. The monoisotopic (exact) mass is 345 g/mol. The first-order valence-electron chi connectivity index (χ1n) is 6.82. The highest BCUT2D eigenvalue weighted by Crippen LogP contribution is 2.40. The van der Waals surface area contributed by atoms with E-state index in [0.717, 1.165) is 0 Å². The molecule has 1 saturated heterocycles. The molecule has 0 bridgehead atoms. The number of hydrogen-bond donors (Lipinski definition) is 4. The number of phosphoric ester groups is 1. The van der Waals surface area contributed by atoms with Crippen molar-refractivity contribution in [3.8, 4) is 0 Å². The average Bonchev–Trinajstić information content (AvgIpc) is 2.99. The Morgan fingerprint density at radius 2 is 2.35 bits per heavy atom. The number of imidazole rings is 1. The molecule has 126 valence electrons. The molecule has 0 aromatic carbocycles. The standard InChI is InChI=1S/C11H16N5O6P/c1-5-2-7(22-6(5)3-21-23(18,19)20)16-4-13-8-9(16)14-11(12)15-10(8)17/h4-7H,2-3H2,1H3,(H2,18,19,20)(H3,12,14,15,17)/t5-,6+,7+/m0/s1. The topological polar surface area (TPSA) is 166 Å². The van der Waals surface area contributed by atoms with E-state index in [-0.39, 0.29) is 24.0 Å². The van der Waals surface area contributed by atoms with Crippen LogP contribution in [0.25, 0.3) is 11.2 Å². The number of anilines is 1. The van der Waals surface area contributed by atoms with Crippen molar-refractivity contribution in [3.05, 3.63) is 16.7 Å². The molecule has 0 aliphatic carbocycles. The van der Waals surface area contributed by atoms with Crippen molar-refractivity contribution < 1.29 is 23.6 Å². The average molecular weight is 345 g/mol. The summed E-state index contributed by atoms with van der Waals surface area (Å²) < 4.78 is 22.6. The van der Waals surface area contributed by atoms with Gasteiger partial charge in [0.05, 0.1) is 19.0 Å². The second-order valence-electron chi connectivity index (χ2n) is 5.40. The molecule has 0 saturated carbocycles. The van der Waals surface area contributed by atoms with Gasteiger partial charge in [0.1, 0.15) is 6.23 Å². The van der Waals surface area contributed by atoms with Gasteiger partial charge in [-0.3, -0.25) is 18.9 Å². The Bertz CT molecular complexity index is 828. The van der Waals surface area contributed by atoms with Gasteiger partial charge in [-0.2, -0.15) is 4.98 Å². The van der Waals surface area contributed by atoms with Gasteiger partial charge in [-0.25, -0.2) is 9.55 Å². The van der Waals surface area contributed by atoms with Gasteiger partial charge in [-0.15, -0.1) is 0 Å². The summed E-state index contributed by atoms with van der Waals surface area (Å²) in [7, 11) is -4.55. The number of nitrogens with two attached hydrogens (primary N) is 1. The number of hydrogen-bond acceptors (Lipinski definition) is 7. The maximum atomic E-state index is 11.8. The summed E-state index contributed by atoms with van der Waals surface area (Å²) in [6, 6.07) is 0. The molecule has 0 radical (unpaired) electrons. The van der Waals surface area contributed by atoms with E-state index in [9.17, 15) is 9.36 Å². The van der Waals surface area contributed by atoms with E-state index in [0.29, 0.717) is 12.1 Å². The van der Waals surface area contributed by atoms with Crippen molar-refractivity contribution in [3.63, 3.8) is 0 Å². The number of fused-ring (bicyclic) bond motifs is 1. The van der Waals surface area contributed by atoms with Gasteiger partial charge in [-0.05, 0) is 12.3 Å². The van der Waals surface area contributed by atoms with Crippen molar-refractivity contribution in [2.24, 2.45) is 5.92 Å². The largest absolute Gasteiger partial charge is 0.469 e. The Morgan fingerprint density at radius 3 is 3.04 bits per heavy atom. The molecule has 0 amide bonds. The van der Waals surface area contributed by atoms with Gasteiger partial charge in [0.2, 0.25) is 5.95 Å². The Morgan fingerprint density at radius 1 is 1.61 bits per heavy atom. The summed E-state index contributed by atoms with van der Waals surface area (Å²) in [4.78, 5) is 39.7. The van der Waals surface area contributed by atoms with E-state index < -0.39 is 25.7 Å². The summed E-state index contributed by atoms with van der Waals surface area (Å²) in [5.74, 6) is -0.0416. The molecule has 1 aliphatic rings. The number of nitrogens with zero attached hydrogens (tertiary/aromatic N) is 3. The highest BCUT2D eigenvalue weighted by Gasteiger charge is 2.35. The lowest BCUT2D eigenvalue weighted by Gasteiger charge is -2.16. The van der Waals surface area contributed by atoms with Crippen molar-refractivity contribution in [1.82, 2.24) is 19.5 Å². The molecule has 12 heteroatoms. The Labute approximate surface area is 129 Å².